The lowest BCUT2D eigenvalue weighted by molar-refractivity contribution is 1.19. The summed E-state index contributed by atoms with van der Waals surface area (Å²) in [5.74, 6) is 0. The predicted molar refractivity (Wildman–Crippen MR) is 116 cm³/mol. The van der Waals surface area contributed by atoms with Gasteiger partial charge in [0.15, 0.2) is 5.65 Å². The second-order valence-corrected chi connectivity index (χ2v) is 7.31. The van der Waals surface area contributed by atoms with Crippen molar-refractivity contribution in [2.75, 3.05) is 0 Å². The first-order valence-corrected chi connectivity index (χ1v) is 9.56. The second kappa shape index (κ2) is 6.95. The van der Waals surface area contributed by atoms with Crippen LogP contribution >= 0.6 is 23.2 Å². The Kier molecular flexibility index (Phi) is 4.27. The Morgan fingerprint density at radius 2 is 1.59 bits per heavy atom. The molecule has 0 aliphatic rings. The SMILES string of the molecule is O=c1[nH]c2nc(-c3ccccc3)c(-c3cc(Cl)c4ncccc4c3)nc2cc1Cl. The average Bonchev–Trinajstić information content (AvgIpc) is 2.74. The van der Waals surface area contributed by atoms with Crippen molar-refractivity contribution >= 4 is 45.3 Å². The molecule has 0 atom stereocenters. The summed E-state index contributed by atoms with van der Waals surface area (Å²) in [7, 11) is 0. The molecule has 5 aromatic rings. The van der Waals surface area contributed by atoms with E-state index in [-0.39, 0.29) is 5.02 Å². The van der Waals surface area contributed by atoms with Gasteiger partial charge in [-0.15, -0.1) is 0 Å². The molecular weight excluding hydrogens is 407 g/mol. The zero-order chi connectivity index (χ0) is 20.0. The molecular formula is C22H12Cl2N4O. The number of hydrogen-bond donors (Lipinski definition) is 1. The predicted octanol–water partition coefficient (Wildman–Crippen LogP) is 5.51. The summed E-state index contributed by atoms with van der Waals surface area (Å²) in [6.45, 7) is 0. The number of fused-ring (bicyclic) bond motifs is 2. The van der Waals surface area contributed by atoms with Crippen LogP contribution in [-0.4, -0.2) is 19.9 Å². The average molecular weight is 419 g/mol. The summed E-state index contributed by atoms with van der Waals surface area (Å²) in [6.07, 6.45) is 1.71. The number of hydrogen-bond acceptors (Lipinski definition) is 4. The minimum atomic E-state index is -0.403. The van der Waals surface area contributed by atoms with Gasteiger partial charge in [-0.1, -0.05) is 59.6 Å². The zero-order valence-electron chi connectivity index (χ0n) is 14.9. The molecule has 3 aromatic heterocycles. The molecule has 29 heavy (non-hydrogen) atoms. The summed E-state index contributed by atoms with van der Waals surface area (Å²) in [6, 6.07) is 18.8. The third-order valence-corrected chi connectivity index (χ3v) is 5.18. The van der Waals surface area contributed by atoms with E-state index in [0.717, 1.165) is 22.0 Å². The van der Waals surface area contributed by atoms with Crippen molar-refractivity contribution in [3.8, 4) is 22.5 Å². The van der Waals surface area contributed by atoms with Crippen LogP contribution in [0.3, 0.4) is 0 Å². The molecule has 0 fully saturated rings. The lowest BCUT2D eigenvalue weighted by Crippen LogP contribution is -2.08. The van der Waals surface area contributed by atoms with Crippen LogP contribution in [0.4, 0.5) is 0 Å². The molecule has 7 heteroatoms. The molecule has 0 aliphatic carbocycles. The zero-order valence-corrected chi connectivity index (χ0v) is 16.4. The first kappa shape index (κ1) is 17.8. The van der Waals surface area contributed by atoms with Crippen LogP contribution in [0.25, 0.3) is 44.6 Å². The minimum Gasteiger partial charge on any atom is -0.304 e. The molecule has 0 amide bonds. The standard InChI is InChI=1S/C22H12Cl2N4O/c23-15-10-14(9-13-7-4-8-25-18(13)15)20-19(12-5-2-1-3-6-12)27-21-17(26-20)11-16(24)22(29)28-21/h1-11H,(H,27,28,29). The van der Waals surface area contributed by atoms with Gasteiger partial charge in [-0.2, -0.15) is 0 Å². The van der Waals surface area contributed by atoms with Crippen molar-refractivity contribution in [1.29, 1.82) is 0 Å². The maximum atomic E-state index is 11.9. The van der Waals surface area contributed by atoms with Crippen LogP contribution in [0.2, 0.25) is 10.0 Å². The molecule has 140 valence electrons. The third-order valence-electron chi connectivity index (χ3n) is 4.61. The van der Waals surface area contributed by atoms with Crippen molar-refractivity contribution in [3.63, 3.8) is 0 Å². The van der Waals surface area contributed by atoms with Gasteiger partial charge in [0.2, 0.25) is 0 Å². The van der Waals surface area contributed by atoms with E-state index in [4.69, 9.17) is 33.2 Å². The van der Waals surface area contributed by atoms with E-state index in [1.54, 1.807) is 6.20 Å². The van der Waals surface area contributed by atoms with Crippen LogP contribution < -0.4 is 5.56 Å². The van der Waals surface area contributed by atoms with Crippen LogP contribution in [-0.2, 0) is 0 Å². The van der Waals surface area contributed by atoms with Crippen molar-refractivity contribution in [3.05, 3.63) is 87.3 Å². The van der Waals surface area contributed by atoms with Crippen LogP contribution in [0.15, 0.2) is 71.7 Å². The smallest absolute Gasteiger partial charge is 0.268 e. The number of rotatable bonds is 2. The molecule has 0 saturated carbocycles. The molecule has 2 aromatic carbocycles. The molecule has 0 spiro atoms. The number of nitrogens with zero attached hydrogens (tertiary/aromatic N) is 3. The normalized spacial score (nSPS) is 11.2. The second-order valence-electron chi connectivity index (χ2n) is 6.50. The summed E-state index contributed by atoms with van der Waals surface area (Å²) in [5, 5.41) is 1.49. The fourth-order valence-electron chi connectivity index (χ4n) is 3.28. The number of pyridine rings is 2. The monoisotopic (exact) mass is 418 g/mol. The first-order valence-electron chi connectivity index (χ1n) is 8.81. The van der Waals surface area contributed by atoms with Crippen molar-refractivity contribution in [2.45, 2.75) is 0 Å². The fourth-order valence-corrected chi connectivity index (χ4v) is 3.70. The highest BCUT2D eigenvalue weighted by atomic mass is 35.5. The van der Waals surface area contributed by atoms with Crippen LogP contribution in [0, 0.1) is 0 Å². The van der Waals surface area contributed by atoms with E-state index in [0.29, 0.717) is 27.6 Å². The molecule has 0 unspecified atom stereocenters. The lowest BCUT2D eigenvalue weighted by atomic mass is 10.0. The van der Waals surface area contributed by atoms with Crippen molar-refractivity contribution < 1.29 is 0 Å². The largest absolute Gasteiger partial charge is 0.304 e. The highest BCUT2D eigenvalue weighted by Crippen LogP contribution is 2.34. The summed E-state index contributed by atoms with van der Waals surface area (Å²) >= 11 is 12.5. The van der Waals surface area contributed by atoms with Gasteiger partial charge in [-0.25, -0.2) is 9.97 Å². The maximum absolute atomic E-state index is 11.9. The van der Waals surface area contributed by atoms with E-state index in [2.05, 4.69) is 9.97 Å². The van der Waals surface area contributed by atoms with Crippen molar-refractivity contribution in [2.24, 2.45) is 0 Å². The highest BCUT2D eigenvalue weighted by Gasteiger charge is 2.16. The molecule has 0 radical (unpaired) electrons. The topological polar surface area (TPSA) is 71.5 Å². The Balaban J connectivity index is 1.86. The maximum Gasteiger partial charge on any atom is 0.268 e. The Hall–Kier alpha value is -3.28. The summed E-state index contributed by atoms with van der Waals surface area (Å²) < 4.78 is 0. The Morgan fingerprint density at radius 1 is 0.793 bits per heavy atom. The van der Waals surface area contributed by atoms with Gasteiger partial charge < -0.3 is 4.98 Å². The quantitative estimate of drug-likeness (QED) is 0.410. The Morgan fingerprint density at radius 3 is 2.41 bits per heavy atom. The van der Waals surface area contributed by atoms with Crippen LogP contribution in [0.1, 0.15) is 0 Å². The minimum absolute atomic E-state index is 0.0611. The number of benzene rings is 2. The number of nitrogens with one attached hydrogen (secondary N) is 1. The van der Waals surface area contributed by atoms with E-state index in [1.165, 1.54) is 6.07 Å². The number of H-pyrrole nitrogens is 1. The Bertz CT molecular complexity index is 1450. The van der Waals surface area contributed by atoms with E-state index in [1.807, 2.05) is 54.6 Å². The first-order chi connectivity index (χ1) is 14.1. The van der Waals surface area contributed by atoms with Gasteiger partial charge in [0.1, 0.15) is 10.5 Å². The number of halogens is 2. The fraction of sp³-hybridized carbons (Fsp3) is 0. The Labute approximate surface area is 175 Å². The van der Waals surface area contributed by atoms with Gasteiger partial charge in [0.05, 0.1) is 21.9 Å². The lowest BCUT2D eigenvalue weighted by Gasteiger charge is -2.12. The highest BCUT2D eigenvalue weighted by molar-refractivity contribution is 6.35. The molecule has 0 bridgehead atoms. The van der Waals surface area contributed by atoms with E-state index >= 15 is 0 Å². The molecule has 5 rings (SSSR count). The van der Waals surface area contributed by atoms with E-state index < -0.39 is 5.56 Å². The molecule has 5 nitrogen and oxygen atoms in total. The summed E-state index contributed by atoms with van der Waals surface area (Å²) in [5.41, 5.74) is 4.12. The number of aromatic amines is 1. The molecule has 1 N–H and O–H groups in total. The van der Waals surface area contributed by atoms with Gasteiger partial charge >= 0.3 is 0 Å². The third kappa shape index (κ3) is 3.14. The molecule has 0 saturated heterocycles. The van der Waals surface area contributed by atoms with Gasteiger partial charge in [-0.05, 0) is 24.3 Å². The summed E-state index contributed by atoms with van der Waals surface area (Å²) in [4.78, 5) is 28.5. The van der Waals surface area contributed by atoms with Gasteiger partial charge in [0, 0.05) is 22.7 Å². The number of aromatic nitrogens is 4. The van der Waals surface area contributed by atoms with Crippen molar-refractivity contribution in [1.82, 2.24) is 19.9 Å². The molecule has 0 aliphatic heterocycles. The van der Waals surface area contributed by atoms with Gasteiger partial charge in [0.25, 0.3) is 5.56 Å². The van der Waals surface area contributed by atoms with E-state index in [9.17, 15) is 4.79 Å². The molecule has 3 heterocycles. The van der Waals surface area contributed by atoms with Crippen LogP contribution in [0.5, 0.6) is 0 Å². The van der Waals surface area contributed by atoms with Gasteiger partial charge in [-0.3, -0.25) is 9.78 Å².